The van der Waals surface area contributed by atoms with Crippen LogP contribution in [0, 0.1) is 6.92 Å². The molecule has 2 aliphatic rings. The van der Waals surface area contributed by atoms with Gasteiger partial charge in [0, 0.05) is 38.2 Å². The second kappa shape index (κ2) is 7.93. The molecule has 5 rings (SSSR count). The molecule has 2 aliphatic heterocycles. The van der Waals surface area contributed by atoms with Gasteiger partial charge in [0.2, 0.25) is 0 Å². The number of fused-ring (bicyclic) bond motifs is 2. The number of rotatable bonds is 3. The Morgan fingerprint density at radius 2 is 1.77 bits per heavy atom. The molecule has 0 radical (unpaired) electrons. The first kappa shape index (κ1) is 19.9. The minimum absolute atomic E-state index is 0.0784. The van der Waals surface area contributed by atoms with E-state index in [4.69, 9.17) is 9.97 Å². The highest BCUT2D eigenvalue weighted by Crippen LogP contribution is 2.33. The molecule has 31 heavy (non-hydrogen) atoms. The second-order valence-electron chi connectivity index (χ2n) is 8.67. The van der Waals surface area contributed by atoms with Gasteiger partial charge >= 0.3 is 0 Å². The van der Waals surface area contributed by atoms with Crippen molar-refractivity contribution in [2.45, 2.75) is 33.4 Å². The van der Waals surface area contributed by atoms with Gasteiger partial charge in [-0.25, -0.2) is 9.97 Å². The monoisotopic (exact) mass is 415 g/mol. The Balaban J connectivity index is 1.50. The van der Waals surface area contributed by atoms with E-state index in [0.717, 1.165) is 77.4 Å². The van der Waals surface area contributed by atoms with Crippen molar-refractivity contribution in [1.29, 1.82) is 0 Å². The van der Waals surface area contributed by atoms with Crippen LogP contribution in [0.25, 0.3) is 10.8 Å². The number of carbonyl (C=O) groups is 1. The highest BCUT2D eigenvalue weighted by molar-refractivity contribution is 6.08. The Hall–Kier alpha value is -2.99. The first-order valence-corrected chi connectivity index (χ1v) is 11.1. The third-order valence-electron chi connectivity index (χ3n) is 6.56. The van der Waals surface area contributed by atoms with E-state index in [1.807, 2.05) is 36.1 Å². The minimum Gasteiger partial charge on any atom is -0.354 e. The van der Waals surface area contributed by atoms with Crippen LogP contribution in [0.1, 0.15) is 39.9 Å². The lowest BCUT2D eigenvalue weighted by Crippen LogP contribution is -2.45. The Morgan fingerprint density at radius 1 is 1.00 bits per heavy atom. The highest BCUT2D eigenvalue weighted by Gasteiger charge is 2.32. The van der Waals surface area contributed by atoms with Gasteiger partial charge in [0.15, 0.2) is 0 Å². The molecule has 1 fully saturated rings. The molecule has 3 aromatic rings. The summed E-state index contributed by atoms with van der Waals surface area (Å²) in [5.74, 6) is 1.97. The van der Waals surface area contributed by atoms with Crippen LogP contribution in [0.15, 0.2) is 36.4 Å². The Kier molecular flexibility index (Phi) is 5.10. The van der Waals surface area contributed by atoms with Crippen LogP contribution in [0.5, 0.6) is 0 Å². The average Bonchev–Trinajstić information content (AvgIpc) is 3.23. The van der Waals surface area contributed by atoms with Crippen LogP contribution < -0.4 is 4.90 Å². The summed E-state index contributed by atoms with van der Waals surface area (Å²) < 4.78 is 0. The SMILES string of the molecule is CCc1nc2c(c(N3CCN(C)CC3)n1)CN(C(=O)c1c(C)ccc3ccccc13)C2. The summed E-state index contributed by atoms with van der Waals surface area (Å²) >= 11 is 0. The zero-order valence-electron chi connectivity index (χ0n) is 18.6. The van der Waals surface area contributed by atoms with Crippen molar-refractivity contribution in [2.24, 2.45) is 0 Å². The van der Waals surface area contributed by atoms with Crippen LogP contribution in [-0.2, 0) is 19.5 Å². The predicted molar refractivity (Wildman–Crippen MR) is 123 cm³/mol. The summed E-state index contributed by atoms with van der Waals surface area (Å²) in [5, 5.41) is 2.11. The van der Waals surface area contributed by atoms with Crippen molar-refractivity contribution >= 4 is 22.5 Å². The summed E-state index contributed by atoms with van der Waals surface area (Å²) in [6.45, 7) is 9.20. The van der Waals surface area contributed by atoms with Crippen molar-refractivity contribution in [3.8, 4) is 0 Å². The number of benzene rings is 2. The van der Waals surface area contributed by atoms with E-state index < -0.39 is 0 Å². The van der Waals surface area contributed by atoms with Gasteiger partial charge in [-0.2, -0.15) is 0 Å². The Labute approximate surface area is 183 Å². The van der Waals surface area contributed by atoms with Gasteiger partial charge in [-0.15, -0.1) is 0 Å². The molecule has 1 saturated heterocycles. The predicted octanol–water partition coefficient (Wildman–Crippen LogP) is 3.41. The molecule has 0 spiro atoms. The smallest absolute Gasteiger partial charge is 0.255 e. The fourth-order valence-corrected chi connectivity index (χ4v) is 4.69. The molecule has 0 unspecified atom stereocenters. The lowest BCUT2D eigenvalue weighted by Gasteiger charge is -2.34. The van der Waals surface area contributed by atoms with E-state index in [1.165, 1.54) is 0 Å². The lowest BCUT2D eigenvalue weighted by molar-refractivity contribution is 0.0751. The number of likely N-dealkylation sites (N-methyl/N-ethyl adjacent to an activating group) is 1. The normalized spacial score (nSPS) is 16.7. The van der Waals surface area contributed by atoms with Gasteiger partial charge in [-0.1, -0.05) is 43.3 Å². The quantitative estimate of drug-likeness (QED) is 0.656. The maximum atomic E-state index is 13.7. The van der Waals surface area contributed by atoms with Crippen LogP contribution >= 0.6 is 0 Å². The van der Waals surface area contributed by atoms with Gasteiger partial charge in [0.25, 0.3) is 5.91 Å². The maximum Gasteiger partial charge on any atom is 0.255 e. The van der Waals surface area contributed by atoms with E-state index in [1.54, 1.807) is 0 Å². The third-order valence-corrected chi connectivity index (χ3v) is 6.56. The number of anilines is 1. The number of aromatic nitrogens is 2. The average molecular weight is 416 g/mol. The standard InChI is InChI=1S/C25H29N5O/c1-4-22-26-21-16-30(15-20(21)24(27-22)29-13-11-28(3)12-14-29)25(31)23-17(2)9-10-18-7-5-6-8-19(18)23/h5-10H,4,11-16H2,1-3H3. The molecule has 0 aliphatic carbocycles. The van der Waals surface area contributed by atoms with E-state index in [2.05, 4.69) is 35.9 Å². The molecule has 2 aromatic carbocycles. The van der Waals surface area contributed by atoms with Gasteiger partial charge in [-0.3, -0.25) is 4.79 Å². The number of nitrogens with zero attached hydrogens (tertiary/aromatic N) is 5. The number of piperazine rings is 1. The van der Waals surface area contributed by atoms with Crippen LogP contribution in [0.3, 0.4) is 0 Å². The fourth-order valence-electron chi connectivity index (χ4n) is 4.69. The van der Waals surface area contributed by atoms with E-state index in [9.17, 15) is 4.79 Å². The second-order valence-corrected chi connectivity index (χ2v) is 8.67. The van der Waals surface area contributed by atoms with Gasteiger partial charge in [0.1, 0.15) is 11.6 Å². The molecule has 0 bridgehead atoms. The molecule has 0 N–H and O–H groups in total. The van der Waals surface area contributed by atoms with Crippen molar-refractivity contribution in [3.63, 3.8) is 0 Å². The zero-order chi connectivity index (χ0) is 21.5. The molecule has 1 amide bonds. The van der Waals surface area contributed by atoms with E-state index in [0.29, 0.717) is 13.1 Å². The number of aryl methyl sites for hydroxylation is 2. The Morgan fingerprint density at radius 3 is 2.55 bits per heavy atom. The third kappa shape index (κ3) is 3.55. The molecule has 0 saturated carbocycles. The fraction of sp³-hybridized carbons (Fsp3) is 0.400. The summed E-state index contributed by atoms with van der Waals surface area (Å²) in [6, 6.07) is 12.3. The summed E-state index contributed by atoms with van der Waals surface area (Å²) in [7, 11) is 2.16. The van der Waals surface area contributed by atoms with Crippen molar-refractivity contribution in [2.75, 3.05) is 38.1 Å². The molecule has 6 nitrogen and oxygen atoms in total. The summed E-state index contributed by atoms with van der Waals surface area (Å²) in [5.41, 5.74) is 3.94. The van der Waals surface area contributed by atoms with Gasteiger partial charge in [-0.05, 0) is 30.3 Å². The molecule has 0 atom stereocenters. The molecule has 3 heterocycles. The highest BCUT2D eigenvalue weighted by atomic mass is 16.2. The van der Waals surface area contributed by atoms with Crippen molar-refractivity contribution in [3.05, 3.63) is 64.6 Å². The minimum atomic E-state index is 0.0784. The topological polar surface area (TPSA) is 52.6 Å². The molecule has 6 heteroatoms. The summed E-state index contributed by atoms with van der Waals surface area (Å²) in [6.07, 6.45) is 0.796. The maximum absolute atomic E-state index is 13.7. The molecular formula is C25H29N5O. The van der Waals surface area contributed by atoms with Crippen LogP contribution in [0.2, 0.25) is 0 Å². The molecular weight excluding hydrogens is 386 g/mol. The summed E-state index contributed by atoms with van der Waals surface area (Å²) in [4.78, 5) is 30.1. The number of carbonyl (C=O) groups excluding carboxylic acids is 1. The Bertz CT molecular complexity index is 1150. The lowest BCUT2D eigenvalue weighted by atomic mass is 9.99. The van der Waals surface area contributed by atoms with Crippen LogP contribution in [-0.4, -0.2) is 58.9 Å². The van der Waals surface area contributed by atoms with Gasteiger partial charge < -0.3 is 14.7 Å². The number of hydrogen-bond donors (Lipinski definition) is 0. The zero-order valence-corrected chi connectivity index (χ0v) is 18.6. The van der Waals surface area contributed by atoms with E-state index in [-0.39, 0.29) is 5.91 Å². The number of hydrogen-bond acceptors (Lipinski definition) is 5. The van der Waals surface area contributed by atoms with Crippen molar-refractivity contribution in [1.82, 2.24) is 19.8 Å². The first-order chi connectivity index (χ1) is 15.0. The van der Waals surface area contributed by atoms with Crippen LogP contribution in [0.4, 0.5) is 5.82 Å². The largest absolute Gasteiger partial charge is 0.354 e. The first-order valence-electron chi connectivity index (χ1n) is 11.1. The molecule has 1 aromatic heterocycles. The number of amides is 1. The van der Waals surface area contributed by atoms with Crippen molar-refractivity contribution < 1.29 is 4.79 Å². The van der Waals surface area contributed by atoms with E-state index >= 15 is 0 Å². The molecule has 160 valence electrons. The van der Waals surface area contributed by atoms with Gasteiger partial charge in [0.05, 0.1) is 24.3 Å².